The molecule has 0 unspecified atom stereocenters. The molecule has 1 amide bonds. The van der Waals surface area contributed by atoms with E-state index < -0.39 is 11.7 Å². The van der Waals surface area contributed by atoms with Crippen molar-refractivity contribution in [3.63, 3.8) is 0 Å². The molecule has 3 aliphatic rings. The molecule has 36 heavy (non-hydrogen) atoms. The van der Waals surface area contributed by atoms with Crippen LogP contribution in [-0.2, 0) is 36.9 Å². The van der Waals surface area contributed by atoms with E-state index in [1.807, 2.05) is 12.1 Å². The van der Waals surface area contributed by atoms with Crippen LogP contribution in [0.25, 0.3) is 0 Å². The van der Waals surface area contributed by atoms with Gasteiger partial charge in [0.15, 0.2) is 0 Å². The fourth-order valence-corrected chi connectivity index (χ4v) is 5.71. The standard InChI is InChI=1S/C29H36F3N3O/c30-29(31,32)27-9-2-1-6-25(27)21-35(17-16-33-13-3-4-14-33)28(36)18-23-7-5-8-24-20-34(15-12-26(23)24)19-22-10-11-22/h1-2,5-9,22H,3-4,10-21H2. The lowest BCUT2D eigenvalue weighted by Crippen LogP contribution is -2.39. The summed E-state index contributed by atoms with van der Waals surface area (Å²) in [5.74, 6) is 0.750. The van der Waals surface area contributed by atoms with Gasteiger partial charge in [0.2, 0.25) is 5.91 Å². The monoisotopic (exact) mass is 499 g/mol. The maximum atomic E-state index is 13.7. The van der Waals surface area contributed by atoms with Gasteiger partial charge in [-0.25, -0.2) is 0 Å². The molecule has 0 spiro atoms. The summed E-state index contributed by atoms with van der Waals surface area (Å²) in [6.45, 7) is 6.18. The Morgan fingerprint density at radius 2 is 1.69 bits per heavy atom. The molecular formula is C29H36F3N3O. The highest BCUT2D eigenvalue weighted by molar-refractivity contribution is 5.79. The van der Waals surface area contributed by atoms with Crippen molar-refractivity contribution in [2.24, 2.45) is 5.92 Å². The number of hydrogen-bond donors (Lipinski definition) is 0. The summed E-state index contributed by atoms with van der Waals surface area (Å²) in [5.41, 5.74) is 3.08. The summed E-state index contributed by atoms with van der Waals surface area (Å²) < 4.78 is 41.0. The van der Waals surface area contributed by atoms with Crippen molar-refractivity contribution < 1.29 is 18.0 Å². The van der Waals surface area contributed by atoms with E-state index in [1.165, 1.54) is 36.1 Å². The Morgan fingerprint density at radius 1 is 0.944 bits per heavy atom. The van der Waals surface area contributed by atoms with Crippen LogP contribution in [0.3, 0.4) is 0 Å². The number of hydrogen-bond acceptors (Lipinski definition) is 3. The van der Waals surface area contributed by atoms with Crippen LogP contribution in [0.1, 0.15) is 53.5 Å². The molecule has 1 saturated carbocycles. The number of fused-ring (bicyclic) bond motifs is 1. The van der Waals surface area contributed by atoms with Crippen LogP contribution in [0.4, 0.5) is 13.2 Å². The van der Waals surface area contributed by atoms with Gasteiger partial charge in [0, 0.05) is 39.3 Å². The normalized spacial score (nSPS) is 18.9. The van der Waals surface area contributed by atoms with Crippen LogP contribution in [0.5, 0.6) is 0 Å². The molecule has 2 aromatic carbocycles. The van der Waals surface area contributed by atoms with Gasteiger partial charge in [-0.1, -0.05) is 36.4 Å². The molecular weight excluding hydrogens is 463 g/mol. The molecule has 0 aromatic heterocycles. The van der Waals surface area contributed by atoms with E-state index in [4.69, 9.17) is 0 Å². The number of nitrogens with zero attached hydrogens (tertiary/aromatic N) is 3. The van der Waals surface area contributed by atoms with Gasteiger partial charge in [0.05, 0.1) is 12.0 Å². The number of halogens is 3. The van der Waals surface area contributed by atoms with E-state index in [0.717, 1.165) is 69.5 Å². The van der Waals surface area contributed by atoms with Gasteiger partial charge in [-0.15, -0.1) is 0 Å². The van der Waals surface area contributed by atoms with E-state index >= 15 is 0 Å². The Balaban J connectivity index is 1.32. The SMILES string of the molecule is O=C(Cc1cccc2c1CCN(CC1CC1)C2)N(CCN1CCCC1)Cc1ccccc1C(F)(F)F. The van der Waals surface area contributed by atoms with Crippen molar-refractivity contribution in [3.8, 4) is 0 Å². The minimum absolute atomic E-state index is 0.0213. The zero-order chi connectivity index (χ0) is 25.1. The van der Waals surface area contributed by atoms with E-state index in [0.29, 0.717) is 13.1 Å². The second-order valence-corrected chi connectivity index (χ2v) is 10.7. The quantitative estimate of drug-likeness (QED) is 0.478. The van der Waals surface area contributed by atoms with Gasteiger partial charge < -0.3 is 9.80 Å². The maximum Gasteiger partial charge on any atom is 0.416 e. The smallest absolute Gasteiger partial charge is 0.337 e. The summed E-state index contributed by atoms with van der Waals surface area (Å²) in [6, 6.07) is 11.8. The molecule has 2 aromatic rings. The molecule has 2 aliphatic heterocycles. The van der Waals surface area contributed by atoms with Crippen LogP contribution in [0.2, 0.25) is 0 Å². The van der Waals surface area contributed by atoms with Gasteiger partial charge in [-0.3, -0.25) is 9.69 Å². The van der Waals surface area contributed by atoms with Gasteiger partial charge in [0.25, 0.3) is 0 Å². The van der Waals surface area contributed by atoms with E-state index in [9.17, 15) is 18.0 Å². The third-order valence-electron chi connectivity index (χ3n) is 7.92. The molecule has 7 heteroatoms. The summed E-state index contributed by atoms with van der Waals surface area (Å²) in [6.07, 6.45) is 1.67. The second kappa shape index (κ2) is 10.9. The fraction of sp³-hybridized carbons (Fsp3) is 0.552. The molecule has 2 heterocycles. The molecule has 0 atom stereocenters. The highest BCUT2D eigenvalue weighted by Crippen LogP contribution is 2.33. The summed E-state index contributed by atoms with van der Waals surface area (Å²) in [7, 11) is 0. The topological polar surface area (TPSA) is 26.8 Å². The first-order valence-electron chi connectivity index (χ1n) is 13.3. The highest BCUT2D eigenvalue weighted by Gasteiger charge is 2.34. The van der Waals surface area contributed by atoms with E-state index in [-0.39, 0.29) is 24.4 Å². The summed E-state index contributed by atoms with van der Waals surface area (Å²) in [4.78, 5) is 20.1. The van der Waals surface area contributed by atoms with Crippen LogP contribution in [-0.4, -0.2) is 59.9 Å². The van der Waals surface area contributed by atoms with Crippen molar-refractivity contribution >= 4 is 5.91 Å². The minimum Gasteiger partial charge on any atom is -0.337 e. The molecule has 5 rings (SSSR count). The summed E-state index contributed by atoms with van der Waals surface area (Å²) in [5, 5.41) is 0. The van der Waals surface area contributed by atoms with Gasteiger partial charge in [-0.2, -0.15) is 13.2 Å². The zero-order valence-electron chi connectivity index (χ0n) is 20.9. The second-order valence-electron chi connectivity index (χ2n) is 10.7. The first-order valence-corrected chi connectivity index (χ1v) is 13.3. The Bertz CT molecular complexity index is 1060. The van der Waals surface area contributed by atoms with Gasteiger partial charge in [0.1, 0.15) is 0 Å². The fourth-order valence-electron chi connectivity index (χ4n) is 5.71. The number of carbonyl (C=O) groups excluding carboxylic acids is 1. The third-order valence-corrected chi connectivity index (χ3v) is 7.92. The Kier molecular flexibility index (Phi) is 7.68. The zero-order valence-corrected chi connectivity index (χ0v) is 20.9. The molecule has 0 N–H and O–H groups in total. The van der Waals surface area contributed by atoms with Crippen molar-refractivity contribution in [2.45, 2.75) is 57.8 Å². The lowest BCUT2D eigenvalue weighted by Gasteiger charge is -2.31. The number of benzene rings is 2. The molecule has 1 aliphatic carbocycles. The van der Waals surface area contributed by atoms with Crippen LogP contribution >= 0.6 is 0 Å². The van der Waals surface area contributed by atoms with Crippen molar-refractivity contribution in [2.75, 3.05) is 39.3 Å². The van der Waals surface area contributed by atoms with Crippen LogP contribution < -0.4 is 0 Å². The maximum absolute atomic E-state index is 13.7. The molecule has 0 radical (unpaired) electrons. The predicted molar refractivity (Wildman–Crippen MR) is 134 cm³/mol. The van der Waals surface area contributed by atoms with Gasteiger partial charge >= 0.3 is 6.18 Å². The van der Waals surface area contributed by atoms with E-state index in [2.05, 4.69) is 15.9 Å². The minimum atomic E-state index is -4.44. The number of likely N-dealkylation sites (tertiary alicyclic amines) is 1. The van der Waals surface area contributed by atoms with Crippen molar-refractivity contribution in [1.82, 2.24) is 14.7 Å². The molecule has 4 nitrogen and oxygen atoms in total. The first kappa shape index (κ1) is 25.3. The lowest BCUT2D eigenvalue weighted by atomic mass is 9.92. The third kappa shape index (κ3) is 6.30. The highest BCUT2D eigenvalue weighted by atomic mass is 19.4. The average molecular weight is 500 g/mol. The van der Waals surface area contributed by atoms with Crippen molar-refractivity contribution in [3.05, 3.63) is 70.3 Å². The predicted octanol–water partition coefficient (Wildman–Crippen LogP) is 5.14. The lowest BCUT2D eigenvalue weighted by molar-refractivity contribution is -0.139. The Labute approximate surface area is 212 Å². The molecule has 0 bridgehead atoms. The molecule has 1 saturated heterocycles. The Hall–Kier alpha value is -2.38. The van der Waals surface area contributed by atoms with Crippen LogP contribution in [0, 0.1) is 5.92 Å². The summed E-state index contributed by atoms with van der Waals surface area (Å²) >= 11 is 0. The van der Waals surface area contributed by atoms with Gasteiger partial charge in [-0.05, 0) is 79.4 Å². The number of rotatable bonds is 9. The van der Waals surface area contributed by atoms with Crippen LogP contribution in [0.15, 0.2) is 42.5 Å². The average Bonchev–Trinajstić information content (AvgIpc) is 3.51. The largest absolute Gasteiger partial charge is 0.416 e. The number of alkyl halides is 3. The first-order chi connectivity index (χ1) is 17.4. The van der Waals surface area contributed by atoms with E-state index in [1.54, 1.807) is 11.0 Å². The molecule has 2 fully saturated rings. The van der Waals surface area contributed by atoms with Crippen molar-refractivity contribution in [1.29, 1.82) is 0 Å². The Morgan fingerprint density at radius 3 is 2.44 bits per heavy atom. The number of carbonyl (C=O) groups is 1. The number of amides is 1. The molecule has 194 valence electrons.